The summed E-state index contributed by atoms with van der Waals surface area (Å²) in [4.78, 5) is 22.9. The lowest BCUT2D eigenvalue weighted by Crippen LogP contribution is -2.29. The molecule has 2 rings (SSSR count). The van der Waals surface area contributed by atoms with E-state index in [0.717, 1.165) is 19.3 Å². The maximum Gasteiger partial charge on any atom is 0.274 e. The molecule has 21 heavy (non-hydrogen) atoms. The molecule has 1 aromatic carbocycles. The average molecular weight is 291 g/mol. The number of hydrogen-bond acceptors (Lipinski definition) is 4. The Morgan fingerprint density at radius 2 is 2.24 bits per heavy atom. The van der Waals surface area contributed by atoms with Crippen LogP contribution in [-0.4, -0.2) is 17.4 Å². The first-order chi connectivity index (χ1) is 10.1. The zero-order valence-electron chi connectivity index (χ0n) is 12.2. The molecule has 0 bridgehead atoms. The second-order valence-electron chi connectivity index (χ2n) is 5.48. The topological polar surface area (TPSA) is 98.3 Å². The van der Waals surface area contributed by atoms with Crippen LogP contribution in [0.3, 0.4) is 0 Å². The van der Waals surface area contributed by atoms with Crippen LogP contribution in [0.5, 0.6) is 0 Å². The molecule has 0 saturated heterocycles. The minimum absolute atomic E-state index is 0.0529. The highest BCUT2D eigenvalue weighted by molar-refractivity contribution is 5.93. The quantitative estimate of drug-likeness (QED) is 0.643. The van der Waals surface area contributed by atoms with Crippen LogP contribution in [0.1, 0.15) is 31.7 Å². The number of nitrogens with zero attached hydrogens (tertiary/aromatic N) is 1. The van der Waals surface area contributed by atoms with Crippen molar-refractivity contribution in [2.45, 2.75) is 32.6 Å². The van der Waals surface area contributed by atoms with Gasteiger partial charge in [0.15, 0.2) is 0 Å². The number of nitrogens with one attached hydrogen (secondary N) is 1. The van der Waals surface area contributed by atoms with E-state index in [4.69, 9.17) is 5.73 Å². The van der Waals surface area contributed by atoms with Crippen LogP contribution < -0.4 is 11.1 Å². The molecule has 0 spiro atoms. The minimum atomic E-state index is -0.410. The van der Waals surface area contributed by atoms with E-state index in [1.165, 1.54) is 6.07 Å². The van der Waals surface area contributed by atoms with Gasteiger partial charge in [0.25, 0.3) is 5.69 Å². The van der Waals surface area contributed by atoms with Crippen LogP contribution in [0.25, 0.3) is 0 Å². The van der Waals surface area contributed by atoms with Crippen LogP contribution in [0.15, 0.2) is 18.2 Å². The van der Waals surface area contributed by atoms with Gasteiger partial charge in [0.05, 0.1) is 4.92 Å². The Hall–Kier alpha value is -1.95. The Labute approximate surface area is 123 Å². The van der Waals surface area contributed by atoms with Crippen LogP contribution in [0, 0.1) is 22.0 Å². The summed E-state index contributed by atoms with van der Waals surface area (Å²) in [7, 11) is 0. The standard InChI is InChI=1S/C15H21N3O3/c1-2-10-6-7-12(8-14(10)18(20)21)17-15(19)13-5-3-4-11(13)9-16/h6-8,11,13H,2-5,9,16H2,1H3,(H,17,19). The van der Waals surface area contributed by atoms with Crippen LogP contribution in [-0.2, 0) is 11.2 Å². The monoisotopic (exact) mass is 291 g/mol. The third kappa shape index (κ3) is 3.39. The van der Waals surface area contributed by atoms with E-state index < -0.39 is 4.92 Å². The summed E-state index contributed by atoms with van der Waals surface area (Å²) < 4.78 is 0. The van der Waals surface area contributed by atoms with Gasteiger partial charge in [0.1, 0.15) is 0 Å². The van der Waals surface area contributed by atoms with Gasteiger partial charge in [0.2, 0.25) is 5.91 Å². The number of nitrogens with two attached hydrogens (primary N) is 1. The van der Waals surface area contributed by atoms with Crippen molar-refractivity contribution < 1.29 is 9.72 Å². The fourth-order valence-corrected chi connectivity index (χ4v) is 3.01. The van der Waals surface area contributed by atoms with E-state index in [1.54, 1.807) is 12.1 Å². The molecule has 0 aromatic heterocycles. The summed E-state index contributed by atoms with van der Waals surface area (Å²) >= 11 is 0. The molecule has 1 aromatic rings. The molecular formula is C15H21N3O3. The number of rotatable bonds is 5. The molecule has 1 amide bonds. The van der Waals surface area contributed by atoms with Gasteiger partial charge in [-0.2, -0.15) is 0 Å². The van der Waals surface area contributed by atoms with E-state index in [9.17, 15) is 14.9 Å². The molecule has 1 fully saturated rings. The maximum absolute atomic E-state index is 12.3. The number of aryl methyl sites for hydroxylation is 1. The zero-order chi connectivity index (χ0) is 15.4. The van der Waals surface area contributed by atoms with Crippen molar-refractivity contribution in [2.24, 2.45) is 17.6 Å². The van der Waals surface area contributed by atoms with Gasteiger partial charge >= 0.3 is 0 Å². The predicted octanol–water partition coefficient (Wildman–Crippen LogP) is 2.47. The number of anilines is 1. The van der Waals surface area contributed by atoms with Crippen molar-refractivity contribution in [1.82, 2.24) is 0 Å². The van der Waals surface area contributed by atoms with Crippen molar-refractivity contribution in [3.63, 3.8) is 0 Å². The fraction of sp³-hybridized carbons (Fsp3) is 0.533. The first-order valence-electron chi connectivity index (χ1n) is 7.35. The van der Waals surface area contributed by atoms with Crippen LogP contribution in [0.4, 0.5) is 11.4 Å². The molecule has 3 N–H and O–H groups in total. The van der Waals surface area contributed by atoms with E-state index >= 15 is 0 Å². The number of nitro groups is 1. The molecule has 114 valence electrons. The number of amides is 1. The summed E-state index contributed by atoms with van der Waals surface area (Å²) in [5, 5.41) is 13.8. The van der Waals surface area contributed by atoms with E-state index in [1.807, 2.05) is 6.92 Å². The Kier molecular flexibility index (Phi) is 4.90. The smallest absolute Gasteiger partial charge is 0.274 e. The lowest BCUT2D eigenvalue weighted by atomic mass is 9.95. The molecule has 0 radical (unpaired) electrons. The van der Waals surface area contributed by atoms with Gasteiger partial charge in [0, 0.05) is 23.2 Å². The number of hydrogen-bond donors (Lipinski definition) is 2. The number of benzene rings is 1. The van der Waals surface area contributed by atoms with Gasteiger partial charge in [-0.15, -0.1) is 0 Å². The molecule has 2 unspecified atom stereocenters. The largest absolute Gasteiger partial charge is 0.330 e. The molecule has 1 aliphatic carbocycles. The minimum Gasteiger partial charge on any atom is -0.330 e. The molecule has 6 nitrogen and oxygen atoms in total. The van der Waals surface area contributed by atoms with Crippen LogP contribution >= 0.6 is 0 Å². The van der Waals surface area contributed by atoms with E-state index in [0.29, 0.717) is 24.2 Å². The summed E-state index contributed by atoms with van der Waals surface area (Å²) in [5.41, 5.74) is 6.88. The Morgan fingerprint density at radius 1 is 1.48 bits per heavy atom. The second kappa shape index (κ2) is 6.67. The molecule has 6 heteroatoms. The van der Waals surface area contributed by atoms with Crippen molar-refractivity contribution in [3.05, 3.63) is 33.9 Å². The maximum atomic E-state index is 12.3. The predicted molar refractivity (Wildman–Crippen MR) is 81.0 cm³/mol. The van der Waals surface area contributed by atoms with Gasteiger partial charge < -0.3 is 11.1 Å². The van der Waals surface area contributed by atoms with E-state index in [2.05, 4.69) is 5.32 Å². The molecule has 1 saturated carbocycles. The highest BCUT2D eigenvalue weighted by atomic mass is 16.6. The van der Waals surface area contributed by atoms with Crippen molar-refractivity contribution >= 4 is 17.3 Å². The summed E-state index contributed by atoms with van der Waals surface area (Å²) in [6.07, 6.45) is 3.41. The van der Waals surface area contributed by atoms with Gasteiger partial charge in [-0.25, -0.2) is 0 Å². The summed E-state index contributed by atoms with van der Waals surface area (Å²) in [6.45, 7) is 2.37. The molecule has 0 heterocycles. The Morgan fingerprint density at radius 3 is 2.86 bits per heavy atom. The van der Waals surface area contributed by atoms with Gasteiger partial charge in [-0.3, -0.25) is 14.9 Å². The van der Waals surface area contributed by atoms with E-state index in [-0.39, 0.29) is 23.4 Å². The fourth-order valence-electron chi connectivity index (χ4n) is 3.01. The molecular weight excluding hydrogens is 270 g/mol. The lowest BCUT2D eigenvalue weighted by Gasteiger charge is -2.17. The van der Waals surface area contributed by atoms with Crippen molar-refractivity contribution in [1.29, 1.82) is 0 Å². The number of carbonyl (C=O) groups excluding carboxylic acids is 1. The number of carbonyl (C=O) groups is 1. The van der Waals surface area contributed by atoms with Crippen molar-refractivity contribution in [2.75, 3.05) is 11.9 Å². The normalized spacial score (nSPS) is 21.2. The zero-order valence-corrected chi connectivity index (χ0v) is 12.2. The highest BCUT2D eigenvalue weighted by Gasteiger charge is 2.32. The van der Waals surface area contributed by atoms with Crippen LogP contribution in [0.2, 0.25) is 0 Å². The molecule has 2 atom stereocenters. The SMILES string of the molecule is CCc1ccc(NC(=O)C2CCCC2CN)cc1[N+](=O)[O-]. The van der Waals surface area contributed by atoms with Gasteiger partial charge in [-0.1, -0.05) is 19.4 Å². The summed E-state index contributed by atoms with van der Waals surface area (Å²) in [5.74, 6) is 0.0521. The Bertz CT molecular complexity index is 545. The third-order valence-electron chi connectivity index (χ3n) is 4.23. The summed E-state index contributed by atoms with van der Waals surface area (Å²) in [6, 6.07) is 4.85. The third-order valence-corrected chi connectivity index (χ3v) is 4.23. The van der Waals surface area contributed by atoms with Crippen molar-refractivity contribution in [3.8, 4) is 0 Å². The highest BCUT2D eigenvalue weighted by Crippen LogP contribution is 2.32. The Balaban J connectivity index is 2.14. The van der Waals surface area contributed by atoms with Gasteiger partial charge in [-0.05, 0) is 37.8 Å². The lowest BCUT2D eigenvalue weighted by molar-refractivity contribution is -0.385. The molecule has 0 aliphatic heterocycles. The average Bonchev–Trinajstić information content (AvgIpc) is 2.95. The molecule has 1 aliphatic rings. The second-order valence-corrected chi connectivity index (χ2v) is 5.48. The number of nitro benzene ring substituents is 1. The first-order valence-corrected chi connectivity index (χ1v) is 7.35. The first kappa shape index (κ1) is 15.4.